The third kappa shape index (κ3) is 4.51. The summed E-state index contributed by atoms with van der Waals surface area (Å²) in [5.74, 6) is -0.0767. The molecule has 1 aliphatic carbocycles. The molecule has 0 aromatic heterocycles. The molecular weight excluding hydrogens is 226 g/mol. The summed E-state index contributed by atoms with van der Waals surface area (Å²) in [6.07, 6.45) is 1.36. The highest BCUT2D eigenvalue weighted by molar-refractivity contribution is 7.90. The molecule has 0 radical (unpaired) electrons. The molecule has 1 amide bonds. The Labute approximate surface area is 97.9 Å². The third-order valence-corrected chi connectivity index (χ3v) is 4.08. The molecule has 4 nitrogen and oxygen atoms in total. The molecule has 16 heavy (non-hydrogen) atoms. The molecule has 0 unspecified atom stereocenters. The number of hydrogen-bond donors (Lipinski definition) is 1. The standard InChI is InChI=1S/C11H21NO3S/c1-8-7-9(8)10(13)12-16(14,15)6-5-11(2,3)4/h8-9H,5-7H2,1-4H3,(H,12,13)/t8-,9-/m0/s1. The normalized spacial score (nSPS) is 25.2. The first kappa shape index (κ1) is 13.5. The Bertz CT molecular complexity index is 367. The van der Waals surface area contributed by atoms with Crippen molar-refractivity contribution in [3.63, 3.8) is 0 Å². The molecule has 1 saturated carbocycles. The van der Waals surface area contributed by atoms with Crippen molar-refractivity contribution < 1.29 is 13.2 Å². The minimum absolute atomic E-state index is 0.0172. The summed E-state index contributed by atoms with van der Waals surface area (Å²) in [4.78, 5) is 11.5. The fraction of sp³-hybridized carbons (Fsp3) is 0.909. The first-order valence-corrected chi connectivity index (χ1v) is 7.30. The van der Waals surface area contributed by atoms with Crippen molar-refractivity contribution in [1.82, 2.24) is 4.72 Å². The predicted molar refractivity (Wildman–Crippen MR) is 63.3 cm³/mol. The Kier molecular flexibility index (Phi) is 3.67. The van der Waals surface area contributed by atoms with E-state index in [4.69, 9.17) is 0 Å². The van der Waals surface area contributed by atoms with E-state index in [-0.39, 0.29) is 23.0 Å². The molecule has 0 aromatic carbocycles. The van der Waals surface area contributed by atoms with Crippen molar-refractivity contribution in [2.24, 2.45) is 17.3 Å². The lowest BCUT2D eigenvalue weighted by Gasteiger charge is -2.17. The van der Waals surface area contributed by atoms with E-state index >= 15 is 0 Å². The van der Waals surface area contributed by atoms with E-state index in [0.29, 0.717) is 12.3 Å². The quantitative estimate of drug-likeness (QED) is 0.819. The van der Waals surface area contributed by atoms with Crippen LogP contribution < -0.4 is 4.72 Å². The fourth-order valence-electron chi connectivity index (χ4n) is 1.41. The zero-order valence-electron chi connectivity index (χ0n) is 10.4. The zero-order chi connectivity index (χ0) is 12.6. The first-order chi connectivity index (χ1) is 7.11. The summed E-state index contributed by atoms with van der Waals surface area (Å²) in [5.41, 5.74) is -0.0370. The van der Waals surface area contributed by atoms with Gasteiger partial charge in [-0.25, -0.2) is 8.42 Å². The molecule has 1 N–H and O–H groups in total. The summed E-state index contributed by atoms with van der Waals surface area (Å²) in [5, 5.41) is 0. The molecule has 0 bridgehead atoms. The van der Waals surface area contributed by atoms with Crippen LogP contribution in [0.15, 0.2) is 0 Å². The van der Waals surface area contributed by atoms with Gasteiger partial charge in [0, 0.05) is 5.92 Å². The Morgan fingerprint density at radius 3 is 2.25 bits per heavy atom. The fourth-order valence-corrected chi connectivity index (χ4v) is 2.85. The van der Waals surface area contributed by atoms with Gasteiger partial charge in [-0.1, -0.05) is 27.7 Å². The van der Waals surface area contributed by atoms with Gasteiger partial charge in [-0.3, -0.25) is 9.52 Å². The number of hydrogen-bond acceptors (Lipinski definition) is 3. The van der Waals surface area contributed by atoms with Gasteiger partial charge in [-0.05, 0) is 24.2 Å². The summed E-state index contributed by atoms with van der Waals surface area (Å²) in [6, 6.07) is 0. The Morgan fingerprint density at radius 1 is 1.38 bits per heavy atom. The second-order valence-electron chi connectivity index (χ2n) is 5.92. The lowest BCUT2D eigenvalue weighted by molar-refractivity contribution is -0.120. The minimum atomic E-state index is -3.44. The molecule has 94 valence electrons. The van der Waals surface area contributed by atoms with Crippen molar-refractivity contribution >= 4 is 15.9 Å². The van der Waals surface area contributed by atoms with Gasteiger partial charge >= 0.3 is 0 Å². The van der Waals surface area contributed by atoms with E-state index in [0.717, 1.165) is 6.42 Å². The second kappa shape index (κ2) is 4.35. The monoisotopic (exact) mass is 247 g/mol. The highest BCUT2D eigenvalue weighted by atomic mass is 32.2. The van der Waals surface area contributed by atoms with Crippen LogP contribution in [0.2, 0.25) is 0 Å². The van der Waals surface area contributed by atoms with Gasteiger partial charge in [0.1, 0.15) is 0 Å². The van der Waals surface area contributed by atoms with Gasteiger partial charge < -0.3 is 0 Å². The molecular formula is C11H21NO3S. The van der Waals surface area contributed by atoms with E-state index in [9.17, 15) is 13.2 Å². The molecule has 0 aromatic rings. The summed E-state index contributed by atoms with van der Waals surface area (Å²) in [6.45, 7) is 7.89. The van der Waals surface area contributed by atoms with Crippen LogP contribution in [0.1, 0.15) is 40.5 Å². The summed E-state index contributed by atoms with van der Waals surface area (Å²) < 4.78 is 25.3. The van der Waals surface area contributed by atoms with Crippen LogP contribution >= 0.6 is 0 Å². The molecule has 0 heterocycles. The van der Waals surface area contributed by atoms with Crippen LogP contribution in [-0.2, 0) is 14.8 Å². The zero-order valence-corrected chi connectivity index (χ0v) is 11.2. The van der Waals surface area contributed by atoms with Gasteiger partial charge in [-0.2, -0.15) is 0 Å². The maximum absolute atomic E-state index is 11.6. The van der Waals surface area contributed by atoms with Gasteiger partial charge in [0.25, 0.3) is 0 Å². The predicted octanol–water partition coefficient (Wildman–Crippen LogP) is 1.52. The molecule has 2 atom stereocenters. The average Bonchev–Trinajstić information content (AvgIpc) is 2.78. The highest BCUT2D eigenvalue weighted by Crippen LogP contribution is 2.37. The van der Waals surface area contributed by atoms with E-state index < -0.39 is 10.0 Å². The smallest absolute Gasteiger partial charge is 0.236 e. The van der Waals surface area contributed by atoms with Crippen LogP contribution in [0.4, 0.5) is 0 Å². The lowest BCUT2D eigenvalue weighted by Crippen LogP contribution is -2.34. The summed E-state index contributed by atoms with van der Waals surface area (Å²) in [7, 11) is -3.44. The Morgan fingerprint density at radius 2 is 1.88 bits per heavy atom. The molecule has 1 aliphatic rings. The van der Waals surface area contributed by atoms with Crippen molar-refractivity contribution in [3.05, 3.63) is 0 Å². The number of carbonyl (C=O) groups is 1. The number of sulfonamides is 1. The number of rotatable bonds is 4. The SMILES string of the molecule is C[C@H]1C[C@@H]1C(=O)NS(=O)(=O)CCC(C)(C)C. The van der Waals surface area contributed by atoms with Gasteiger partial charge in [0.05, 0.1) is 5.75 Å². The van der Waals surface area contributed by atoms with E-state index in [2.05, 4.69) is 4.72 Å². The number of nitrogens with one attached hydrogen (secondary N) is 1. The largest absolute Gasteiger partial charge is 0.274 e. The van der Waals surface area contributed by atoms with Gasteiger partial charge in [-0.15, -0.1) is 0 Å². The van der Waals surface area contributed by atoms with Crippen LogP contribution in [0, 0.1) is 17.3 Å². The van der Waals surface area contributed by atoms with E-state index in [1.807, 2.05) is 27.7 Å². The molecule has 1 rings (SSSR count). The minimum Gasteiger partial charge on any atom is -0.274 e. The van der Waals surface area contributed by atoms with Crippen LogP contribution in [-0.4, -0.2) is 20.1 Å². The molecule has 0 aliphatic heterocycles. The molecule has 0 saturated heterocycles. The summed E-state index contributed by atoms with van der Waals surface area (Å²) >= 11 is 0. The van der Waals surface area contributed by atoms with Crippen molar-refractivity contribution in [2.75, 3.05) is 5.75 Å². The molecule has 5 heteroatoms. The van der Waals surface area contributed by atoms with Crippen molar-refractivity contribution in [1.29, 1.82) is 0 Å². The molecule has 1 fully saturated rings. The van der Waals surface area contributed by atoms with Crippen molar-refractivity contribution in [3.8, 4) is 0 Å². The van der Waals surface area contributed by atoms with Gasteiger partial charge in [0.15, 0.2) is 0 Å². The maximum Gasteiger partial charge on any atom is 0.236 e. The van der Waals surface area contributed by atoms with E-state index in [1.54, 1.807) is 0 Å². The lowest BCUT2D eigenvalue weighted by atomic mass is 9.94. The highest BCUT2D eigenvalue weighted by Gasteiger charge is 2.40. The number of carbonyl (C=O) groups excluding carboxylic acids is 1. The number of amides is 1. The van der Waals surface area contributed by atoms with Crippen LogP contribution in [0.3, 0.4) is 0 Å². The van der Waals surface area contributed by atoms with Crippen LogP contribution in [0.25, 0.3) is 0 Å². The van der Waals surface area contributed by atoms with E-state index in [1.165, 1.54) is 0 Å². The third-order valence-electron chi connectivity index (χ3n) is 2.82. The second-order valence-corrected chi connectivity index (χ2v) is 7.76. The molecule has 0 spiro atoms. The van der Waals surface area contributed by atoms with Gasteiger partial charge in [0.2, 0.25) is 15.9 Å². The van der Waals surface area contributed by atoms with Crippen LogP contribution in [0.5, 0.6) is 0 Å². The first-order valence-electron chi connectivity index (χ1n) is 5.65. The Balaban J connectivity index is 2.43. The maximum atomic E-state index is 11.6. The van der Waals surface area contributed by atoms with Crippen molar-refractivity contribution in [2.45, 2.75) is 40.5 Å². The topological polar surface area (TPSA) is 63.2 Å². The average molecular weight is 247 g/mol. The Hall–Kier alpha value is -0.580.